The smallest absolute Gasteiger partial charge is 0.409 e. The van der Waals surface area contributed by atoms with Crippen molar-refractivity contribution < 1.29 is 24.4 Å². The first-order valence-electron chi connectivity index (χ1n) is 11.3. The molecule has 0 saturated carbocycles. The lowest BCUT2D eigenvalue weighted by Crippen LogP contribution is -2.49. The molecule has 0 radical (unpaired) electrons. The first-order chi connectivity index (χ1) is 16.9. The number of fused-ring (bicyclic) bond motifs is 3. The Hall–Kier alpha value is -4.40. The van der Waals surface area contributed by atoms with Gasteiger partial charge >= 0.3 is 12.1 Å². The molecule has 0 atom stereocenters. The second-order valence-electron chi connectivity index (χ2n) is 8.54. The highest BCUT2D eigenvalue weighted by atomic mass is 16.6. The quantitative estimate of drug-likeness (QED) is 0.433. The van der Waals surface area contributed by atoms with Gasteiger partial charge in [0.15, 0.2) is 0 Å². The van der Waals surface area contributed by atoms with E-state index in [1.807, 2.05) is 24.3 Å². The van der Waals surface area contributed by atoms with Gasteiger partial charge in [0.05, 0.1) is 10.5 Å². The van der Waals surface area contributed by atoms with Crippen molar-refractivity contribution in [3.63, 3.8) is 0 Å². The van der Waals surface area contributed by atoms with Gasteiger partial charge in [-0.1, -0.05) is 48.5 Å². The average molecular weight is 473 g/mol. The van der Waals surface area contributed by atoms with Crippen LogP contribution in [0.5, 0.6) is 0 Å². The molecule has 9 nitrogen and oxygen atoms in total. The second-order valence-corrected chi connectivity index (χ2v) is 8.54. The lowest BCUT2D eigenvalue weighted by atomic mass is 9.98. The number of amides is 1. The Morgan fingerprint density at radius 3 is 2.11 bits per heavy atom. The summed E-state index contributed by atoms with van der Waals surface area (Å²) in [7, 11) is 0. The molecule has 1 aliphatic heterocycles. The van der Waals surface area contributed by atoms with Crippen LogP contribution < -0.4 is 4.90 Å². The summed E-state index contributed by atoms with van der Waals surface area (Å²) in [5, 5.41) is 20.6. The number of hydrogen-bond acceptors (Lipinski definition) is 6. The predicted molar refractivity (Wildman–Crippen MR) is 129 cm³/mol. The van der Waals surface area contributed by atoms with Gasteiger partial charge in [0.2, 0.25) is 0 Å². The minimum absolute atomic E-state index is 0.0250. The summed E-state index contributed by atoms with van der Waals surface area (Å²) in [5.74, 6) is -1.25. The fourth-order valence-corrected chi connectivity index (χ4v) is 4.89. The maximum Gasteiger partial charge on any atom is 0.409 e. The maximum absolute atomic E-state index is 12.8. The van der Waals surface area contributed by atoms with E-state index in [9.17, 15) is 19.7 Å². The SMILES string of the molecule is O=C(O)c1ccc(N2CCN(C(=O)OCC3c4ccccc4-c4ccccc43)CC2)c([N+](=O)[O-])c1. The molecule has 0 aromatic heterocycles. The van der Waals surface area contributed by atoms with E-state index in [4.69, 9.17) is 9.84 Å². The van der Waals surface area contributed by atoms with Crippen LogP contribution in [0.1, 0.15) is 27.4 Å². The van der Waals surface area contributed by atoms with Gasteiger partial charge < -0.3 is 19.6 Å². The first-order valence-corrected chi connectivity index (χ1v) is 11.3. The number of piperazine rings is 1. The lowest BCUT2D eigenvalue weighted by Gasteiger charge is -2.35. The minimum atomic E-state index is -1.22. The van der Waals surface area contributed by atoms with Gasteiger partial charge in [-0.3, -0.25) is 10.1 Å². The second kappa shape index (κ2) is 9.09. The Bertz CT molecular complexity index is 1270. The van der Waals surface area contributed by atoms with Crippen molar-refractivity contribution in [2.75, 3.05) is 37.7 Å². The Morgan fingerprint density at radius 2 is 1.54 bits per heavy atom. The molecule has 2 aliphatic rings. The number of carbonyl (C=O) groups excluding carboxylic acids is 1. The third kappa shape index (κ3) is 4.16. The highest BCUT2D eigenvalue weighted by Crippen LogP contribution is 2.44. The van der Waals surface area contributed by atoms with Crippen LogP contribution in [0.4, 0.5) is 16.2 Å². The molecule has 35 heavy (non-hydrogen) atoms. The third-order valence-corrected chi connectivity index (χ3v) is 6.63. The fraction of sp³-hybridized carbons (Fsp3) is 0.231. The zero-order valence-electron chi connectivity index (χ0n) is 18.8. The van der Waals surface area contributed by atoms with Crippen molar-refractivity contribution in [3.05, 3.63) is 93.5 Å². The Morgan fingerprint density at radius 1 is 0.943 bits per heavy atom. The summed E-state index contributed by atoms with van der Waals surface area (Å²) in [6.07, 6.45) is -0.415. The molecule has 9 heteroatoms. The third-order valence-electron chi connectivity index (χ3n) is 6.63. The number of anilines is 1. The summed E-state index contributed by atoms with van der Waals surface area (Å²) < 4.78 is 5.72. The van der Waals surface area contributed by atoms with Crippen LogP contribution in [0, 0.1) is 10.1 Å². The molecule has 1 fully saturated rings. The van der Waals surface area contributed by atoms with Gasteiger partial charge in [0.25, 0.3) is 5.69 Å². The predicted octanol–water partition coefficient (Wildman–Crippen LogP) is 4.36. The van der Waals surface area contributed by atoms with Crippen molar-refractivity contribution in [1.29, 1.82) is 0 Å². The number of nitrogens with zero attached hydrogens (tertiary/aromatic N) is 3. The van der Waals surface area contributed by atoms with Crippen LogP contribution in [0.2, 0.25) is 0 Å². The Kier molecular flexibility index (Phi) is 5.82. The minimum Gasteiger partial charge on any atom is -0.478 e. The highest BCUT2D eigenvalue weighted by Gasteiger charge is 2.31. The van der Waals surface area contributed by atoms with Gasteiger partial charge in [0.1, 0.15) is 12.3 Å². The zero-order chi connectivity index (χ0) is 24.5. The number of rotatable bonds is 5. The van der Waals surface area contributed by atoms with Crippen LogP contribution in [0.25, 0.3) is 11.1 Å². The van der Waals surface area contributed by atoms with Crippen molar-refractivity contribution in [3.8, 4) is 11.1 Å². The number of ether oxygens (including phenoxy) is 1. The number of hydrogen-bond donors (Lipinski definition) is 1. The Labute approximate surface area is 201 Å². The van der Waals surface area contributed by atoms with E-state index in [1.165, 1.54) is 12.1 Å². The number of nitro groups is 1. The highest BCUT2D eigenvalue weighted by molar-refractivity contribution is 5.90. The van der Waals surface area contributed by atoms with E-state index in [0.29, 0.717) is 31.9 Å². The summed E-state index contributed by atoms with van der Waals surface area (Å²) in [4.78, 5) is 38.3. The number of nitro benzene ring substituents is 1. The van der Waals surface area contributed by atoms with Crippen molar-refractivity contribution >= 4 is 23.4 Å². The van der Waals surface area contributed by atoms with Crippen LogP contribution in [0.3, 0.4) is 0 Å². The average Bonchev–Trinajstić information content (AvgIpc) is 3.20. The monoisotopic (exact) mass is 473 g/mol. The van der Waals surface area contributed by atoms with E-state index in [2.05, 4.69) is 24.3 Å². The number of aromatic carboxylic acids is 1. The first kappa shape index (κ1) is 22.4. The Balaban J connectivity index is 1.23. The van der Waals surface area contributed by atoms with Gasteiger partial charge in [-0.2, -0.15) is 0 Å². The summed E-state index contributed by atoms with van der Waals surface area (Å²) in [6, 6.07) is 20.1. The molecule has 0 unspecified atom stereocenters. The van der Waals surface area contributed by atoms with Crippen LogP contribution >= 0.6 is 0 Å². The number of carboxylic acid groups (broad SMARTS) is 1. The molecule has 1 saturated heterocycles. The van der Waals surface area contributed by atoms with E-state index >= 15 is 0 Å². The molecular weight excluding hydrogens is 450 g/mol. The molecule has 3 aromatic rings. The standard InChI is InChI=1S/C26H23N3O6/c30-25(31)17-9-10-23(24(15-17)29(33)34)27-11-13-28(14-12-27)26(32)35-16-22-20-7-3-1-5-18(20)19-6-2-4-8-21(19)22/h1-10,15,22H,11-14,16H2,(H,30,31). The topological polar surface area (TPSA) is 113 Å². The molecule has 1 heterocycles. The molecule has 5 rings (SSSR count). The maximum atomic E-state index is 12.8. The summed E-state index contributed by atoms with van der Waals surface area (Å²) in [6.45, 7) is 1.66. The molecule has 1 amide bonds. The molecule has 1 aliphatic carbocycles. The van der Waals surface area contributed by atoms with E-state index in [-0.39, 0.29) is 23.8 Å². The van der Waals surface area contributed by atoms with Crippen LogP contribution in [0.15, 0.2) is 66.7 Å². The van der Waals surface area contributed by atoms with Crippen LogP contribution in [-0.4, -0.2) is 59.8 Å². The number of benzene rings is 3. The molecule has 0 spiro atoms. The summed E-state index contributed by atoms with van der Waals surface area (Å²) in [5.41, 5.74) is 4.54. The van der Waals surface area contributed by atoms with Gasteiger partial charge in [-0.05, 0) is 34.4 Å². The fourth-order valence-electron chi connectivity index (χ4n) is 4.89. The zero-order valence-corrected chi connectivity index (χ0v) is 18.8. The van der Waals surface area contributed by atoms with E-state index in [1.54, 1.807) is 9.80 Å². The molecular formula is C26H23N3O6. The van der Waals surface area contributed by atoms with Crippen molar-refractivity contribution in [2.45, 2.75) is 5.92 Å². The molecule has 3 aromatic carbocycles. The molecule has 0 bridgehead atoms. The van der Waals surface area contributed by atoms with Gasteiger partial charge in [-0.15, -0.1) is 0 Å². The van der Waals surface area contributed by atoms with Crippen molar-refractivity contribution in [1.82, 2.24) is 4.90 Å². The van der Waals surface area contributed by atoms with E-state index < -0.39 is 17.0 Å². The normalized spacial score (nSPS) is 14.9. The van der Waals surface area contributed by atoms with E-state index in [0.717, 1.165) is 28.3 Å². The lowest BCUT2D eigenvalue weighted by molar-refractivity contribution is -0.384. The molecule has 1 N–H and O–H groups in total. The molecule has 178 valence electrons. The van der Waals surface area contributed by atoms with Gasteiger partial charge in [0, 0.05) is 38.2 Å². The van der Waals surface area contributed by atoms with Gasteiger partial charge in [-0.25, -0.2) is 9.59 Å². The van der Waals surface area contributed by atoms with Crippen molar-refractivity contribution in [2.24, 2.45) is 0 Å². The number of carbonyl (C=O) groups is 2. The summed E-state index contributed by atoms with van der Waals surface area (Å²) >= 11 is 0. The number of carboxylic acids is 1. The van der Waals surface area contributed by atoms with Crippen LogP contribution in [-0.2, 0) is 4.74 Å². The largest absolute Gasteiger partial charge is 0.478 e.